The predicted octanol–water partition coefficient (Wildman–Crippen LogP) is 7.92. The van der Waals surface area contributed by atoms with E-state index < -0.39 is 0 Å². The molecule has 0 bridgehead atoms. The van der Waals surface area contributed by atoms with Crippen molar-refractivity contribution in [3.05, 3.63) is 107 Å². The van der Waals surface area contributed by atoms with Gasteiger partial charge in [-0.15, -0.1) is 0 Å². The third kappa shape index (κ3) is 3.39. The Balaban J connectivity index is 1.80. The van der Waals surface area contributed by atoms with E-state index in [4.69, 9.17) is 0 Å². The molecule has 0 atom stereocenters. The highest BCUT2D eigenvalue weighted by molar-refractivity contribution is 5.80. The van der Waals surface area contributed by atoms with Crippen LogP contribution in [0.2, 0.25) is 0 Å². The lowest BCUT2D eigenvalue weighted by atomic mass is 9.88. The van der Waals surface area contributed by atoms with Gasteiger partial charge in [-0.05, 0) is 83.3 Å². The topological polar surface area (TPSA) is 0 Å². The summed E-state index contributed by atoms with van der Waals surface area (Å²) < 4.78 is 0. The van der Waals surface area contributed by atoms with E-state index in [0.29, 0.717) is 0 Å². The first kappa shape index (κ1) is 18.3. The molecule has 0 aromatic heterocycles. The SMILES string of the molecule is Cc1cc(-c2cc(C)c(-c3ccccc3)c(C)c2)cc(C)c1-c1ccccc1. The number of hydrogen-bond acceptors (Lipinski definition) is 0. The lowest BCUT2D eigenvalue weighted by Gasteiger charge is -2.16. The second-order valence-electron chi connectivity index (χ2n) is 7.70. The van der Waals surface area contributed by atoms with Crippen molar-refractivity contribution in [3.63, 3.8) is 0 Å². The van der Waals surface area contributed by atoms with Crippen LogP contribution in [0, 0.1) is 27.7 Å². The fourth-order valence-electron chi connectivity index (χ4n) is 4.38. The quantitative estimate of drug-likeness (QED) is 0.347. The zero-order valence-electron chi connectivity index (χ0n) is 17.1. The molecule has 0 radical (unpaired) electrons. The average Bonchev–Trinajstić information content (AvgIpc) is 2.68. The molecule has 0 saturated carbocycles. The molecule has 0 saturated heterocycles. The standard InChI is InChI=1S/C28H26/c1-19-15-25(16-20(2)27(19)23-11-7-5-8-12-23)26-17-21(3)28(22(4)18-26)24-13-9-6-10-14-24/h5-18H,1-4H3. The Morgan fingerprint density at radius 2 is 0.643 bits per heavy atom. The monoisotopic (exact) mass is 362 g/mol. The number of hydrogen-bond donors (Lipinski definition) is 0. The Bertz CT molecular complexity index is 980. The van der Waals surface area contributed by atoms with E-state index in [2.05, 4.69) is 113 Å². The Hall–Kier alpha value is -3.12. The highest BCUT2D eigenvalue weighted by Gasteiger charge is 2.12. The zero-order valence-corrected chi connectivity index (χ0v) is 17.1. The summed E-state index contributed by atoms with van der Waals surface area (Å²) in [5.41, 5.74) is 13.1. The molecule has 0 spiro atoms. The van der Waals surface area contributed by atoms with Gasteiger partial charge in [0.05, 0.1) is 0 Å². The maximum absolute atomic E-state index is 2.33. The van der Waals surface area contributed by atoms with Crippen molar-refractivity contribution in [1.82, 2.24) is 0 Å². The molecular weight excluding hydrogens is 336 g/mol. The maximum Gasteiger partial charge on any atom is -0.0125 e. The normalized spacial score (nSPS) is 10.9. The summed E-state index contributed by atoms with van der Waals surface area (Å²) in [6.45, 7) is 8.88. The van der Waals surface area contributed by atoms with Gasteiger partial charge < -0.3 is 0 Å². The minimum absolute atomic E-state index is 1.29. The minimum atomic E-state index is 1.29. The van der Waals surface area contributed by atoms with Crippen LogP contribution in [0.4, 0.5) is 0 Å². The van der Waals surface area contributed by atoms with Gasteiger partial charge in [-0.2, -0.15) is 0 Å². The highest BCUT2D eigenvalue weighted by Crippen LogP contribution is 2.35. The van der Waals surface area contributed by atoms with Crippen molar-refractivity contribution in [1.29, 1.82) is 0 Å². The maximum atomic E-state index is 2.33. The van der Waals surface area contributed by atoms with Crippen molar-refractivity contribution in [2.45, 2.75) is 27.7 Å². The van der Waals surface area contributed by atoms with Gasteiger partial charge in [0.2, 0.25) is 0 Å². The largest absolute Gasteiger partial charge is 0.0622 e. The number of rotatable bonds is 3. The van der Waals surface area contributed by atoms with Crippen molar-refractivity contribution < 1.29 is 0 Å². The number of aryl methyl sites for hydroxylation is 4. The fourth-order valence-corrected chi connectivity index (χ4v) is 4.38. The van der Waals surface area contributed by atoms with Crippen LogP contribution in [0.3, 0.4) is 0 Å². The van der Waals surface area contributed by atoms with Gasteiger partial charge in [0.25, 0.3) is 0 Å². The Morgan fingerprint density at radius 1 is 0.357 bits per heavy atom. The van der Waals surface area contributed by atoms with E-state index in [-0.39, 0.29) is 0 Å². The molecule has 0 fully saturated rings. The van der Waals surface area contributed by atoms with Crippen LogP contribution in [-0.2, 0) is 0 Å². The lowest BCUT2D eigenvalue weighted by Crippen LogP contribution is -1.93. The van der Waals surface area contributed by atoms with Gasteiger partial charge in [-0.25, -0.2) is 0 Å². The van der Waals surface area contributed by atoms with Crippen LogP contribution < -0.4 is 0 Å². The second kappa shape index (κ2) is 7.48. The smallest absolute Gasteiger partial charge is 0.0125 e. The van der Waals surface area contributed by atoms with E-state index in [0.717, 1.165) is 0 Å². The zero-order chi connectivity index (χ0) is 19.7. The molecule has 0 amide bonds. The van der Waals surface area contributed by atoms with E-state index in [9.17, 15) is 0 Å². The molecule has 0 unspecified atom stereocenters. The van der Waals surface area contributed by atoms with Gasteiger partial charge in [0, 0.05) is 0 Å². The summed E-state index contributed by atoms with van der Waals surface area (Å²) in [6.07, 6.45) is 0. The molecule has 0 heteroatoms. The van der Waals surface area contributed by atoms with Gasteiger partial charge in [-0.3, -0.25) is 0 Å². The van der Waals surface area contributed by atoms with Crippen LogP contribution >= 0.6 is 0 Å². The van der Waals surface area contributed by atoms with Crippen LogP contribution in [0.1, 0.15) is 22.3 Å². The predicted molar refractivity (Wildman–Crippen MR) is 122 cm³/mol. The van der Waals surface area contributed by atoms with Crippen molar-refractivity contribution in [2.75, 3.05) is 0 Å². The Kier molecular flexibility index (Phi) is 4.88. The van der Waals surface area contributed by atoms with Crippen LogP contribution in [0.25, 0.3) is 33.4 Å². The van der Waals surface area contributed by atoms with E-state index in [1.165, 1.54) is 55.6 Å². The molecule has 0 heterocycles. The molecule has 0 aliphatic heterocycles. The molecule has 4 rings (SSSR count). The van der Waals surface area contributed by atoms with E-state index >= 15 is 0 Å². The van der Waals surface area contributed by atoms with Crippen LogP contribution in [-0.4, -0.2) is 0 Å². The molecule has 28 heavy (non-hydrogen) atoms. The Labute approximate surface area is 168 Å². The molecular formula is C28H26. The van der Waals surface area contributed by atoms with E-state index in [1.807, 2.05) is 0 Å². The third-order valence-electron chi connectivity index (χ3n) is 5.52. The van der Waals surface area contributed by atoms with Crippen molar-refractivity contribution in [3.8, 4) is 33.4 Å². The van der Waals surface area contributed by atoms with Gasteiger partial charge >= 0.3 is 0 Å². The first-order valence-corrected chi connectivity index (χ1v) is 9.88. The lowest BCUT2D eigenvalue weighted by molar-refractivity contribution is 1.35. The van der Waals surface area contributed by atoms with Gasteiger partial charge in [0.15, 0.2) is 0 Å². The molecule has 0 nitrogen and oxygen atoms in total. The third-order valence-corrected chi connectivity index (χ3v) is 5.52. The summed E-state index contributed by atoms with van der Waals surface area (Å²) in [4.78, 5) is 0. The molecule has 4 aromatic carbocycles. The molecule has 0 aliphatic carbocycles. The van der Waals surface area contributed by atoms with Gasteiger partial charge in [0.1, 0.15) is 0 Å². The first-order chi connectivity index (χ1) is 13.5. The number of benzene rings is 4. The van der Waals surface area contributed by atoms with Crippen molar-refractivity contribution >= 4 is 0 Å². The second-order valence-corrected chi connectivity index (χ2v) is 7.70. The summed E-state index contributed by atoms with van der Waals surface area (Å²) >= 11 is 0. The molecule has 4 aromatic rings. The molecule has 0 N–H and O–H groups in total. The summed E-state index contributed by atoms with van der Waals surface area (Å²) in [7, 11) is 0. The first-order valence-electron chi connectivity index (χ1n) is 9.88. The minimum Gasteiger partial charge on any atom is -0.0622 e. The molecule has 138 valence electrons. The summed E-state index contributed by atoms with van der Waals surface area (Å²) in [5, 5.41) is 0. The average molecular weight is 363 g/mol. The highest BCUT2D eigenvalue weighted by atomic mass is 14.2. The van der Waals surface area contributed by atoms with Gasteiger partial charge in [-0.1, -0.05) is 84.9 Å². The summed E-state index contributed by atoms with van der Waals surface area (Å²) in [6, 6.07) is 30.6. The fraction of sp³-hybridized carbons (Fsp3) is 0.143. The molecule has 0 aliphatic rings. The van der Waals surface area contributed by atoms with Crippen LogP contribution in [0.5, 0.6) is 0 Å². The van der Waals surface area contributed by atoms with Crippen molar-refractivity contribution in [2.24, 2.45) is 0 Å². The van der Waals surface area contributed by atoms with Crippen LogP contribution in [0.15, 0.2) is 84.9 Å². The van der Waals surface area contributed by atoms with E-state index in [1.54, 1.807) is 0 Å². The Morgan fingerprint density at radius 3 is 0.929 bits per heavy atom. The summed E-state index contributed by atoms with van der Waals surface area (Å²) in [5.74, 6) is 0.